The van der Waals surface area contributed by atoms with Crippen LogP contribution in [-0.4, -0.2) is 67.4 Å². The number of benzene rings is 2. The quantitative estimate of drug-likeness (QED) is 0.319. The normalized spacial score (nSPS) is 29.7. The highest BCUT2D eigenvalue weighted by Crippen LogP contribution is 2.58. The van der Waals surface area contributed by atoms with Gasteiger partial charge in [-0.15, -0.1) is 0 Å². The molecule has 1 saturated carbocycles. The van der Waals surface area contributed by atoms with E-state index in [-0.39, 0.29) is 75.3 Å². The minimum absolute atomic E-state index is 0.0423. The van der Waals surface area contributed by atoms with Crippen molar-refractivity contribution in [2.75, 3.05) is 13.2 Å². The first kappa shape index (κ1) is 32.7. The van der Waals surface area contributed by atoms with Crippen LogP contribution in [0.1, 0.15) is 55.2 Å². The Morgan fingerprint density at radius 3 is 2.02 bits per heavy atom. The zero-order valence-electron chi connectivity index (χ0n) is 23.9. The molecule has 46 heavy (non-hydrogen) atoms. The van der Waals surface area contributed by atoms with Gasteiger partial charge in [-0.05, 0) is 80.3 Å². The van der Waals surface area contributed by atoms with E-state index in [2.05, 4.69) is 0 Å². The number of aliphatic carboxylic acids is 1. The lowest BCUT2D eigenvalue weighted by molar-refractivity contribution is -0.348. The number of fused-ring (bicyclic) bond motifs is 6. The predicted molar refractivity (Wildman–Crippen MR) is 142 cm³/mol. The maximum atomic E-state index is 15.0. The van der Waals surface area contributed by atoms with Crippen molar-refractivity contribution in [3.63, 3.8) is 0 Å². The number of aryl methyl sites for hydroxylation is 1. The van der Waals surface area contributed by atoms with Gasteiger partial charge in [-0.2, -0.15) is 26.3 Å². The van der Waals surface area contributed by atoms with Gasteiger partial charge >= 0.3 is 24.0 Å². The lowest BCUT2D eigenvalue weighted by atomic mass is 9.65. The Kier molecular flexibility index (Phi) is 7.18. The molecule has 1 amide bonds. The first-order chi connectivity index (χ1) is 21.3. The molecule has 7 nitrogen and oxygen atoms in total. The Bertz CT molecular complexity index is 1670. The topological polar surface area (TPSA) is 101 Å². The Hall–Kier alpha value is -3.27. The van der Waals surface area contributed by atoms with Crippen LogP contribution >= 0.6 is 0 Å². The molecule has 2 atom stereocenters. The minimum atomic E-state index is -6.38. The number of halogens is 8. The number of ether oxygens (including phenoxy) is 1. The number of alkyl halides is 7. The third-order valence-electron chi connectivity index (χ3n) is 10.4. The Morgan fingerprint density at radius 2 is 1.50 bits per heavy atom. The molecule has 16 heteroatoms. The number of carbonyl (C=O) groups is 2. The van der Waals surface area contributed by atoms with Gasteiger partial charge in [0.25, 0.3) is 0 Å². The highest BCUT2D eigenvalue weighted by Gasteiger charge is 2.74. The summed E-state index contributed by atoms with van der Waals surface area (Å²) in [6, 6.07) is 3.96. The molecule has 3 saturated heterocycles. The number of sulfone groups is 1. The van der Waals surface area contributed by atoms with Gasteiger partial charge in [0.15, 0.2) is 15.4 Å². The number of likely N-dealkylation sites (tertiary alicyclic amines) is 1. The van der Waals surface area contributed by atoms with Crippen molar-refractivity contribution in [2.24, 2.45) is 5.41 Å². The van der Waals surface area contributed by atoms with E-state index >= 15 is 4.39 Å². The third kappa shape index (κ3) is 4.27. The first-order valence-electron chi connectivity index (χ1n) is 14.4. The second kappa shape index (κ2) is 10.1. The van der Waals surface area contributed by atoms with E-state index in [1.807, 2.05) is 0 Å². The van der Waals surface area contributed by atoms with Crippen molar-refractivity contribution in [1.29, 1.82) is 0 Å². The molecular formula is C30H27F8NO6S. The van der Waals surface area contributed by atoms with Gasteiger partial charge in [-0.1, -0.05) is 18.2 Å². The van der Waals surface area contributed by atoms with Gasteiger partial charge in [0, 0.05) is 12.1 Å². The van der Waals surface area contributed by atoms with E-state index in [0.29, 0.717) is 6.07 Å². The van der Waals surface area contributed by atoms with Crippen LogP contribution in [0.4, 0.5) is 35.1 Å². The van der Waals surface area contributed by atoms with E-state index in [9.17, 15) is 53.8 Å². The summed E-state index contributed by atoms with van der Waals surface area (Å²) in [4.78, 5) is 27.0. The number of nitrogens with zero attached hydrogens (tertiary/aromatic N) is 1. The van der Waals surface area contributed by atoms with Crippen molar-refractivity contribution in [3.05, 3.63) is 65.0 Å². The average Bonchev–Trinajstić information content (AvgIpc) is 3.41. The Balaban J connectivity index is 1.47. The fraction of sp³-hybridized carbons (Fsp3) is 0.533. The Morgan fingerprint density at radius 1 is 0.891 bits per heavy atom. The van der Waals surface area contributed by atoms with E-state index in [1.165, 1.54) is 4.90 Å². The zero-order chi connectivity index (χ0) is 33.7. The summed E-state index contributed by atoms with van der Waals surface area (Å²) in [6.45, 7) is -0.401. The van der Waals surface area contributed by atoms with Crippen LogP contribution in [0.2, 0.25) is 0 Å². The summed E-state index contributed by atoms with van der Waals surface area (Å²) in [5, 5.41) is 9.64. The summed E-state index contributed by atoms with van der Waals surface area (Å²) in [6.07, 6.45) is -13.2. The first-order valence-corrected chi connectivity index (χ1v) is 15.9. The molecular weight excluding hydrogens is 654 g/mol. The van der Waals surface area contributed by atoms with Crippen LogP contribution in [0.15, 0.2) is 47.4 Å². The maximum absolute atomic E-state index is 15.0. The fourth-order valence-corrected chi connectivity index (χ4v) is 10.2. The lowest BCUT2D eigenvalue weighted by Crippen LogP contribution is -2.62. The number of carboxylic acid groups (broad SMARTS) is 1. The van der Waals surface area contributed by atoms with Crippen molar-refractivity contribution in [1.82, 2.24) is 4.90 Å². The number of hydrogen-bond acceptors (Lipinski definition) is 5. The molecule has 0 radical (unpaired) electrons. The molecule has 250 valence electrons. The van der Waals surface area contributed by atoms with E-state index in [4.69, 9.17) is 4.74 Å². The maximum Gasteiger partial charge on any atom is 0.435 e. The SMILES string of the molecule is O=C(N1CC[C@@]2(S(=O)(=O)c3ccc(F)cc3)c3ccc(C(F)(C(F)(F)F)C(F)(F)F)cc3CC[C@@H]12)C12CCC(C(=O)O)(CC1)OC2. The molecule has 0 spiro atoms. The molecule has 2 aromatic carbocycles. The molecule has 3 aliphatic heterocycles. The monoisotopic (exact) mass is 681 g/mol. The zero-order valence-corrected chi connectivity index (χ0v) is 24.7. The van der Waals surface area contributed by atoms with Crippen LogP contribution < -0.4 is 0 Å². The largest absolute Gasteiger partial charge is 0.479 e. The van der Waals surface area contributed by atoms with Crippen molar-refractivity contribution < 1.29 is 63.0 Å². The summed E-state index contributed by atoms with van der Waals surface area (Å²) in [5.41, 5.74) is -10.5. The van der Waals surface area contributed by atoms with Crippen LogP contribution in [0.3, 0.4) is 0 Å². The number of carbonyl (C=O) groups excluding carboxylic acids is 1. The van der Waals surface area contributed by atoms with E-state index < -0.39 is 77.8 Å². The number of amides is 1. The number of rotatable bonds is 5. The minimum Gasteiger partial charge on any atom is -0.479 e. The number of hydrogen-bond donors (Lipinski definition) is 1. The molecule has 0 unspecified atom stereocenters. The summed E-state index contributed by atoms with van der Waals surface area (Å²) >= 11 is 0. The van der Waals surface area contributed by atoms with Gasteiger partial charge < -0.3 is 14.7 Å². The Labute approximate surface area is 257 Å². The second-order valence-electron chi connectivity index (χ2n) is 12.5. The molecule has 4 fully saturated rings. The standard InChI is InChI=1S/C30H27F8NO6S/c31-19-3-5-20(6-4-19)46(43,44)27-13-14-39(23(40)25-9-11-26(12-10-25,24(41)42)45-16-25)22(27)8-1-17-15-18(2-7-21(17)27)28(32,29(33,34)35)30(36,37)38/h2-7,15,22H,1,8-14,16H2,(H,41,42)/t22-,25?,26?,27-/m1/s1. The van der Waals surface area contributed by atoms with Crippen LogP contribution in [0, 0.1) is 11.2 Å². The predicted octanol–water partition coefficient (Wildman–Crippen LogP) is 5.75. The molecule has 7 rings (SSSR count). The van der Waals surface area contributed by atoms with Gasteiger partial charge in [-0.3, -0.25) is 4.79 Å². The molecule has 5 aliphatic rings. The highest BCUT2D eigenvalue weighted by molar-refractivity contribution is 7.92. The van der Waals surface area contributed by atoms with Gasteiger partial charge in [-0.25, -0.2) is 22.0 Å². The molecule has 0 aromatic heterocycles. The van der Waals surface area contributed by atoms with E-state index in [0.717, 1.165) is 30.3 Å². The van der Waals surface area contributed by atoms with E-state index in [1.54, 1.807) is 0 Å². The van der Waals surface area contributed by atoms with Gasteiger partial charge in [0.05, 0.1) is 23.0 Å². The molecule has 1 N–H and O–H groups in total. The van der Waals surface area contributed by atoms with Gasteiger partial charge in [0.2, 0.25) is 5.91 Å². The summed E-state index contributed by atoms with van der Waals surface area (Å²) in [7, 11) is -4.64. The van der Waals surface area contributed by atoms with Crippen LogP contribution in [-0.2, 0) is 41.0 Å². The lowest BCUT2D eigenvalue weighted by Gasteiger charge is -2.52. The molecule has 3 heterocycles. The molecule has 2 aromatic rings. The van der Waals surface area contributed by atoms with Crippen molar-refractivity contribution in [2.45, 2.75) is 84.3 Å². The van der Waals surface area contributed by atoms with Gasteiger partial charge in [0.1, 0.15) is 10.6 Å². The smallest absolute Gasteiger partial charge is 0.435 e. The summed E-state index contributed by atoms with van der Waals surface area (Å²) < 4.78 is 143. The van der Waals surface area contributed by atoms with Crippen molar-refractivity contribution in [3.8, 4) is 0 Å². The highest BCUT2D eigenvalue weighted by atomic mass is 32.2. The average molecular weight is 682 g/mol. The number of carboxylic acids is 1. The summed E-state index contributed by atoms with van der Waals surface area (Å²) in [5.74, 6) is -2.42. The fourth-order valence-electron chi connectivity index (χ4n) is 7.85. The van der Waals surface area contributed by atoms with Crippen LogP contribution in [0.25, 0.3) is 0 Å². The third-order valence-corrected chi connectivity index (χ3v) is 13.0. The second-order valence-corrected chi connectivity index (χ2v) is 14.8. The van der Waals surface area contributed by atoms with Crippen molar-refractivity contribution >= 4 is 21.7 Å². The molecule has 2 bridgehead atoms. The van der Waals surface area contributed by atoms with Crippen LogP contribution in [0.5, 0.6) is 0 Å². The molecule has 2 aliphatic carbocycles.